The van der Waals surface area contributed by atoms with Gasteiger partial charge in [0.1, 0.15) is 0 Å². The van der Waals surface area contributed by atoms with Crippen LogP contribution >= 0.6 is 0 Å². The third-order valence-electron chi connectivity index (χ3n) is 2.62. The molecule has 0 fully saturated rings. The van der Waals surface area contributed by atoms with Gasteiger partial charge in [-0.1, -0.05) is 13.8 Å². The summed E-state index contributed by atoms with van der Waals surface area (Å²) >= 11 is 0. The molecule has 10 heteroatoms. The van der Waals surface area contributed by atoms with Crippen LogP contribution in [0.25, 0.3) is 0 Å². The fourth-order valence-corrected chi connectivity index (χ4v) is 2.86. The molecule has 0 aromatic carbocycles. The lowest BCUT2D eigenvalue weighted by atomic mass is 10.1. The van der Waals surface area contributed by atoms with Crippen LogP contribution in [0.1, 0.15) is 20.3 Å². The predicted octanol–water partition coefficient (Wildman–Crippen LogP) is 1.17. The molecule has 0 radical (unpaired) electrons. The Labute approximate surface area is 115 Å². The van der Waals surface area contributed by atoms with Crippen LogP contribution in [-0.4, -0.2) is 41.4 Å². The van der Waals surface area contributed by atoms with Crippen molar-refractivity contribution in [2.75, 3.05) is 5.75 Å². The monoisotopic (exact) mass is 314 g/mol. The fraction of sp³-hybridized carbons (Fsp3) is 0.800. The van der Waals surface area contributed by atoms with E-state index in [0.717, 1.165) is 0 Å². The van der Waals surface area contributed by atoms with Crippen LogP contribution in [0.2, 0.25) is 0 Å². The Kier molecular flexibility index (Phi) is 5.51. The van der Waals surface area contributed by atoms with Crippen molar-refractivity contribution in [2.24, 2.45) is 5.92 Å². The average Bonchev–Trinajstić information content (AvgIpc) is 2.77. The Bertz CT molecular complexity index is 499. The van der Waals surface area contributed by atoms with E-state index in [2.05, 4.69) is 14.9 Å². The second-order valence-electron chi connectivity index (χ2n) is 4.74. The Hall–Kier alpha value is -1.16. The number of nitrogens with one attached hydrogen (secondary N) is 1. The van der Waals surface area contributed by atoms with Gasteiger partial charge in [-0.05, 0) is 5.92 Å². The van der Waals surface area contributed by atoms with Gasteiger partial charge in [0.25, 0.3) is 0 Å². The van der Waals surface area contributed by atoms with E-state index in [9.17, 15) is 21.6 Å². The number of alkyl halides is 3. The van der Waals surface area contributed by atoms with Crippen molar-refractivity contribution in [3.63, 3.8) is 0 Å². The van der Waals surface area contributed by atoms with Crippen LogP contribution in [0, 0.1) is 5.92 Å². The van der Waals surface area contributed by atoms with Gasteiger partial charge in [0, 0.05) is 6.04 Å². The molecular weight excluding hydrogens is 297 g/mol. The predicted molar refractivity (Wildman–Crippen MR) is 66.2 cm³/mol. The van der Waals surface area contributed by atoms with Crippen molar-refractivity contribution in [3.05, 3.63) is 12.4 Å². The molecular formula is C10H17F3N4O2S. The number of halogens is 3. The SMILES string of the molecule is CC(C)[C@@H](Cn1nccn1)NS(=O)(=O)CCC(F)(F)F. The molecule has 1 aromatic rings. The standard InChI is InChI=1S/C10H17F3N4O2S/c1-8(2)9(7-17-14-4-5-15-17)16-20(18,19)6-3-10(11,12)13/h4-5,8-9,16H,3,6-7H2,1-2H3/t9-/m1/s1. The van der Waals surface area contributed by atoms with Crippen molar-refractivity contribution in [1.82, 2.24) is 19.7 Å². The topological polar surface area (TPSA) is 76.9 Å². The first-order valence-electron chi connectivity index (χ1n) is 6.00. The number of nitrogens with zero attached hydrogens (tertiary/aromatic N) is 3. The Morgan fingerprint density at radius 2 is 1.80 bits per heavy atom. The van der Waals surface area contributed by atoms with Gasteiger partial charge in [-0.3, -0.25) is 0 Å². The fourth-order valence-electron chi connectivity index (χ4n) is 1.44. The van der Waals surface area contributed by atoms with E-state index >= 15 is 0 Å². The molecule has 0 saturated carbocycles. The average molecular weight is 314 g/mol. The molecule has 0 unspecified atom stereocenters. The van der Waals surface area contributed by atoms with E-state index in [-0.39, 0.29) is 12.5 Å². The third-order valence-corrected chi connectivity index (χ3v) is 4.02. The van der Waals surface area contributed by atoms with Crippen LogP contribution in [0.5, 0.6) is 0 Å². The van der Waals surface area contributed by atoms with E-state index < -0.39 is 34.4 Å². The van der Waals surface area contributed by atoms with E-state index in [0.29, 0.717) is 0 Å². The lowest BCUT2D eigenvalue weighted by Gasteiger charge is -2.21. The van der Waals surface area contributed by atoms with E-state index in [1.54, 1.807) is 13.8 Å². The van der Waals surface area contributed by atoms with Gasteiger partial charge < -0.3 is 0 Å². The van der Waals surface area contributed by atoms with E-state index in [1.165, 1.54) is 17.2 Å². The van der Waals surface area contributed by atoms with Gasteiger partial charge in [0.15, 0.2) is 0 Å². The molecule has 0 aliphatic carbocycles. The molecule has 0 bridgehead atoms. The summed E-state index contributed by atoms with van der Waals surface area (Å²) in [6.45, 7) is 3.69. The molecule has 1 rings (SSSR count). The first-order valence-corrected chi connectivity index (χ1v) is 7.65. The second-order valence-corrected chi connectivity index (χ2v) is 6.61. The van der Waals surface area contributed by atoms with Gasteiger partial charge in [-0.25, -0.2) is 13.1 Å². The quantitative estimate of drug-likeness (QED) is 0.820. The molecule has 1 atom stereocenters. The first kappa shape index (κ1) is 16.9. The van der Waals surface area contributed by atoms with Crippen LogP contribution in [0.15, 0.2) is 12.4 Å². The summed E-state index contributed by atoms with van der Waals surface area (Å²) < 4.78 is 61.8. The number of hydrogen-bond donors (Lipinski definition) is 1. The highest BCUT2D eigenvalue weighted by Crippen LogP contribution is 2.20. The molecule has 0 saturated heterocycles. The summed E-state index contributed by atoms with van der Waals surface area (Å²) in [7, 11) is -4.00. The van der Waals surface area contributed by atoms with Crippen LogP contribution < -0.4 is 4.72 Å². The molecule has 20 heavy (non-hydrogen) atoms. The van der Waals surface area contributed by atoms with Crippen molar-refractivity contribution in [1.29, 1.82) is 0 Å². The molecule has 0 aliphatic heterocycles. The van der Waals surface area contributed by atoms with Gasteiger partial charge in [-0.15, -0.1) is 0 Å². The molecule has 0 aliphatic rings. The summed E-state index contributed by atoms with van der Waals surface area (Å²) in [4.78, 5) is 1.29. The molecule has 0 spiro atoms. The maximum absolute atomic E-state index is 12.1. The Morgan fingerprint density at radius 1 is 1.25 bits per heavy atom. The number of aromatic nitrogens is 3. The van der Waals surface area contributed by atoms with Gasteiger partial charge >= 0.3 is 6.18 Å². The lowest BCUT2D eigenvalue weighted by molar-refractivity contribution is -0.130. The van der Waals surface area contributed by atoms with E-state index in [1.807, 2.05) is 0 Å². The zero-order chi connectivity index (χ0) is 15.4. The maximum atomic E-state index is 12.1. The summed E-state index contributed by atoms with van der Waals surface area (Å²) in [5, 5.41) is 7.69. The van der Waals surface area contributed by atoms with Crippen LogP contribution in [0.4, 0.5) is 13.2 Å². The maximum Gasteiger partial charge on any atom is 0.390 e. The van der Waals surface area contributed by atoms with E-state index in [4.69, 9.17) is 0 Å². The van der Waals surface area contributed by atoms with Gasteiger partial charge in [0.2, 0.25) is 10.0 Å². The highest BCUT2D eigenvalue weighted by atomic mass is 32.2. The number of rotatable bonds is 7. The highest BCUT2D eigenvalue weighted by molar-refractivity contribution is 7.89. The van der Waals surface area contributed by atoms with Gasteiger partial charge in [-0.2, -0.15) is 28.2 Å². The minimum absolute atomic E-state index is 0.110. The first-order chi connectivity index (χ1) is 9.09. The molecule has 1 N–H and O–H groups in total. The molecule has 116 valence electrons. The molecule has 1 heterocycles. The third kappa shape index (κ3) is 6.33. The summed E-state index contributed by atoms with van der Waals surface area (Å²) in [5.74, 6) is -1.09. The van der Waals surface area contributed by atoms with Crippen molar-refractivity contribution < 1.29 is 21.6 Å². The smallest absolute Gasteiger partial charge is 0.212 e. The largest absolute Gasteiger partial charge is 0.390 e. The lowest BCUT2D eigenvalue weighted by Crippen LogP contribution is -2.43. The van der Waals surface area contributed by atoms with Crippen molar-refractivity contribution >= 4 is 10.0 Å². The molecule has 1 aromatic heterocycles. The second kappa shape index (κ2) is 6.53. The zero-order valence-corrected chi connectivity index (χ0v) is 11.9. The summed E-state index contributed by atoms with van der Waals surface area (Å²) in [6, 6.07) is -0.569. The van der Waals surface area contributed by atoms with Crippen molar-refractivity contribution in [3.8, 4) is 0 Å². The Balaban J connectivity index is 2.65. The summed E-state index contributed by atoms with van der Waals surface area (Å²) in [5.41, 5.74) is 0. The highest BCUT2D eigenvalue weighted by Gasteiger charge is 2.31. The zero-order valence-electron chi connectivity index (χ0n) is 11.1. The van der Waals surface area contributed by atoms with Crippen LogP contribution in [-0.2, 0) is 16.6 Å². The molecule has 0 amide bonds. The molecule has 6 nitrogen and oxygen atoms in total. The number of sulfonamides is 1. The minimum Gasteiger partial charge on any atom is -0.212 e. The van der Waals surface area contributed by atoms with Crippen LogP contribution in [0.3, 0.4) is 0 Å². The van der Waals surface area contributed by atoms with Crippen molar-refractivity contribution in [2.45, 2.75) is 39.0 Å². The normalized spacial score (nSPS) is 14.7. The van der Waals surface area contributed by atoms with Gasteiger partial charge in [0.05, 0.1) is 31.1 Å². The minimum atomic E-state index is -4.49. The Morgan fingerprint density at radius 3 is 2.25 bits per heavy atom. The summed E-state index contributed by atoms with van der Waals surface area (Å²) in [6.07, 6.45) is -2.98. The number of hydrogen-bond acceptors (Lipinski definition) is 4.